The van der Waals surface area contributed by atoms with Crippen LogP contribution in [0.2, 0.25) is 10.0 Å². The second kappa shape index (κ2) is 8.82. The van der Waals surface area contributed by atoms with Gasteiger partial charge in [0, 0.05) is 32.7 Å². The van der Waals surface area contributed by atoms with Crippen molar-refractivity contribution in [2.75, 3.05) is 6.61 Å². The summed E-state index contributed by atoms with van der Waals surface area (Å²) in [7, 11) is 0. The molecule has 0 amide bonds. The molecule has 0 saturated heterocycles. The molecule has 3 aromatic rings. The molecule has 1 N–H and O–H groups in total. The number of hydrogen-bond donors (Lipinski definition) is 1. The standard InChI is InChI=1S/C22H19Cl2NO4/c1-13-7-20(14(2)25(13)19-9-17(23)8-18(24)10-19)21(27)12-29-22(28)16-5-3-15(11-26)4-6-16/h3-10,26H,11-12H2,1-2H3. The molecule has 3 rings (SSSR count). The molecule has 0 bridgehead atoms. The molecule has 2 aromatic carbocycles. The van der Waals surface area contributed by atoms with Crippen LogP contribution >= 0.6 is 23.2 Å². The summed E-state index contributed by atoms with van der Waals surface area (Å²) >= 11 is 12.2. The molecule has 0 atom stereocenters. The zero-order chi connectivity index (χ0) is 21.1. The number of halogens is 2. The largest absolute Gasteiger partial charge is 0.454 e. The van der Waals surface area contributed by atoms with Gasteiger partial charge in [-0.05, 0) is 55.8 Å². The minimum Gasteiger partial charge on any atom is -0.454 e. The summed E-state index contributed by atoms with van der Waals surface area (Å²) in [6, 6.07) is 13.3. The molecule has 0 spiro atoms. The summed E-state index contributed by atoms with van der Waals surface area (Å²) in [6.45, 7) is 3.19. The lowest BCUT2D eigenvalue weighted by molar-refractivity contribution is 0.0474. The predicted molar refractivity (Wildman–Crippen MR) is 112 cm³/mol. The van der Waals surface area contributed by atoms with Crippen LogP contribution in [0.3, 0.4) is 0 Å². The summed E-state index contributed by atoms with van der Waals surface area (Å²) in [5.41, 5.74) is 3.74. The van der Waals surface area contributed by atoms with Gasteiger partial charge in [-0.15, -0.1) is 0 Å². The fraction of sp³-hybridized carbons (Fsp3) is 0.182. The molecule has 0 radical (unpaired) electrons. The number of aromatic nitrogens is 1. The molecular weight excluding hydrogens is 413 g/mol. The number of hydrogen-bond acceptors (Lipinski definition) is 4. The summed E-state index contributed by atoms with van der Waals surface area (Å²) in [4.78, 5) is 24.8. The molecule has 5 nitrogen and oxygen atoms in total. The zero-order valence-electron chi connectivity index (χ0n) is 15.9. The Hall–Kier alpha value is -2.60. The van der Waals surface area contributed by atoms with E-state index in [0.717, 1.165) is 11.4 Å². The number of nitrogens with zero attached hydrogens (tertiary/aromatic N) is 1. The second-order valence-corrected chi connectivity index (χ2v) is 7.48. The fourth-order valence-electron chi connectivity index (χ4n) is 3.15. The van der Waals surface area contributed by atoms with E-state index in [0.29, 0.717) is 32.4 Å². The Morgan fingerprint density at radius 3 is 2.21 bits per heavy atom. The van der Waals surface area contributed by atoms with Crippen LogP contribution in [0.15, 0.2) is 48.5 Å². The SMILES string of the molecule is Cc1cc(C(=O)COC(=O)c2ccc(CO)cc2)c(C)n1-c1cc(Cl)cc(Cl)c1. The quantitative estimate of drug-likeness (QED) is 0.443. The van der Waals surface area contributed by atoms with Gasteiger partial charge in [-0.25, -0.2) is 4.79 Å². The summed E-state index contributed by atoms with van der Waals surface area (Å²) in [5.74, 6) is -0.906. The number of carbonyl (C=O) groups excluding carboxylic acids is 2. The van der Waals surface area contributed by atoms with Gasteiger partial charge in [0.1, 0.15) is 0 Å². The maximum absolute atomic E-state index is 12.7. The minimum atomic E-state index is -0.599. The van der Waals surface area contributed by atoms with Crippen LogP contribution in [0.25, 0.3) is 5.69 Å². The fourth-order valence-corrected chi connectivity index (χ4v) is 3.66. The Balaban J connectivity index is 1.77. The van der Waals surface area contributed by atoms with E-state index in [4.69, 9.17) is 33.0 Å². The highest BCUT2D eigenvalue weighted by atomic mass is 35.5. The predicted octanol–water partition coefficient (Wildman–Crippen LogP) is 4.93. The Morgan fingerprint density at radius 2 is 1.62 bits per heavy atom. The molecule has 7 heteroatoms. The lowest BCUT2D eigenvalue weighted by Crippen LogP contribution is -2.15. The molecular formula is C22H19Cl2NO4. The van der Waals surface area contributed by atoms with Crippen molar-refractivity contribution >= 4 is 35.0 Å². The number of aliphatic hydroxyl groups is 1. The number of carbonyl (C=O) groups is 2. The van der Waals surface area contributed by atoms with E-state index >= 15 is 0 Å². The van der Waals surface area contributed by atoms with Crippen molar-refractivity contribution in [3.05, 3.63) is 86.7 Å². The van der Waals surface area contributed by atoms with E-state index in [9.17, 15) is 9.59 Å². The van der Waals surface area contributed by atoms with E-state index < -0.39 is 5.97 Å². The van der Waals surface area contributed by atoms with Crippen molar-refractivity contribution in [1.82, 2.24) is 4.57 Å². The summed E-state index contributed by atoms with van der Waals surface area (Å²) in [5, 5.41) is 10.0. The lowest BCUT2D eigenvalue weighted by Gasteiger charge is -2.11. The number of rotatable bonds is 6. The number of ether oxygens (including phenoxy) is 1. The van der Waals surface area contributed by atoms with Gasteiger partial charge in [-0.1, -0.05) is 35.3 Å². The van der Waals surface area contributed by atoms with Crippen molar-refractivity contribution in [1.29, 1.82) is 0 Å². The smallest absolute Gasteiger partial charge is 0.338 e. The third-order valence-electron chi connectivity index (χ3n) is 4.54. The Morgan fingerprint density at radius 1 is 1.00 bits per heavy atom. The van der Waals surface area contributed by atoms with E-state index in [1.807, 2.05) is 18.4 Å². The third kappa shape index (κ3) is 4.70. The third-order valence-corrected chi connectivity index (χ3v) is 4.98. The first kappa shape index (κ1) is 21.1. The molecule has 150 valence electrons. The molecule has 1 aromatic heterocycles. The van der Waals surface area contributed by atoms with Crippen molar-refractivity contribution in [3.8, 4) is 5.69 Å². The highest BCUT2D eigenvalue weighted by Crippen LogP contribution is 2.26. The van der Waals surface area contributed by atoms with Gasteiger partial charge in [0.25, 0.3) is 0 Å². The highest BCUT2D eigenvalue weighted by Gasteiger charge is 2.19. The van der Waals surface area contributed by atoms with Crippen LogP contribution < -0.4 is 0 Å². The van der Waals surface area contributed by atoms with Crippen LogP contribution in [0.5, 0.6) is 0 Å². The van der Waals surface area contributed by atoms with Crippen LogP contribution in [-0.2, 0) is 11.3 Å². The Labute approximate surface area is 178 Å². The average Bonchev–Trinajstić information content (AvgIpc) is 2.99. The van der Waals surface area contributed by atoms with Crippen molar-refractivity contribution in [2.24, 2.45) is 0 Å². The monoisotopic (exact) mass is 431 g/mol. The molecule has 0 aliphatic heterocycles. The lowest BCUT2D eigenvalue weighted by atomic mass is 10.1. The summed E-state index contributed by atoms with van der Waals surface area (Å²) < 4.78 is 7.04. The van der Waals surface area contributed by atoms with E-state index in [1.54, 1.807) is 48.5 Å². The number of aryl methyl sites for hydroxylation is 1. The van der Waals surface area contributed by atoms with E-state index in [2.05, 4.69) is 0 Å². The number of esters is 1. The first-order valence-electron chi connectivity index (χ1n) is 8.85. The molecule has 0 fully saturated rings. The van der Waals surface area contributed by atoms with Crippen LogP contribution in [0.4, 0.5) is 0 Å². The highest BCUT2D eigenvalue weighted by molar-refractivity contribution is 6.34. The molecule has 0 saturated carbocycles. The van der Waals surface area contributed by atoms with E-state index in [1.165, 1.54) is 0 Å². The van der Waals surface area contributed by atoms with Gasteiger partial charge < -0.3 is 14.4 Å². The molecule has 1 heterocycles. The van der Waals surface area contributed by atoms with Crippen LogP contribution in [-0.4, -0.2) is 28.0 Å². The average molecular weight is 432 g/mol. The first-order chi connectivity index (χ1) is 13.8. The molecule has 0 unspecified atom stereocenters. The van der Waals surface area contributed by atoms with Gasteiger partial charge in [0.05, 0.1) is 12.2 Å². The van der Waals surface area contributed by atoms with Gasteiger partial charge in [-0.2, -0.15) is 0 Å². The van der Waals surface area contributed by atoms with Crippen LogP contribution in [0.1, 0.15) is 37.7 Å². The van der Waals surface area contributed by atoms with Gasteiger partial charge in [0.15, 0.2) is 6.61 Å². The molecule has 29 heavy (non-hydrogen) atoms. The van der Waals surface area contributed by atoms with Crippen molar-refractivity contribution in [2.45, 2.75) is 20.5 Å². The van der Waals surface area contributed by atoms with Gasteiger partial charge in [0.2, 0.25) is 5.78 Å². The normalized spacial score (nSPS) is 10.8. The number of aliphatic hydroxyl groups excluding tert-OH is 1. The molecule has 0 aliphatic carbocycles. The Kier molecular flexibility index (Phi) is 6.42. The Bertz CT molecular complexity index is 1050. The van der Waals surface area contributed by atoms with Gasteiger partial charge >= 0.3 is 5.97 Å². The maximum atomic E-state index is 12.7. The number of Topliss-reactive ketones (excluding diaryl/α,β-unsaturated/α-hetero) is 1. The van der Waals surface area contributed by atoms with Gasteiger partial charge in [-0.3, -0.25) is 4.79 Å². The van der Waals surface area contributed by atoms with Crippen molar-refractivity contribution in [3.63, 3.8) is 0 Å². The number of ketones is 1. The first-order valence-corrected chi connectivity index (χ1v) is 9.61. The maximum Gasteiger partial charge on any atom is 0.338 e. The number of benzene rings is 2. The zero-order valence-corrected chi connectivity index (χ0v) is 17.4. The molecule has 0 aliphatic rings. The van der Waals surface area contributed by atoms with E-state index in [-0.39, 0.29) is 19.0 Å². The topological polar surface area (TPSA) is 68.5 Å². The van der Waals surface area contributed by atoms with Crippen molar-refractivity contribution < 1.29 is 19.4 Å². The summed E-state index contributed by atoms with van der Waals surface area (Å²) in [6.07, 6.45) is 0. The minimum absolute atomic E-state index is 0.110. The van der Waals surface area contributed by atoms with Crippen LogP contribution in [0, 0.1) is 13.8 Å². The second-order valence-electron chi connectivity index (χ2n) is 6.60.